The maximum absolute atomic E-state index is 8.96. The van der Waals surface area contributed by atoms with Crippen molar-refractivity contribution < 1.29 is 4.74 Å². The first-order valence-electron chi connectivity index (χ1n) is 9.62. The Kier molecular flexibility index (Phi) is 7.04. The lowest BCUT2D eigenvalue weighted by Crippen LogP contribution is -2.04. The first-order valence-corrected chi connectivity index (χ1v) is 9.62. The summed E-state index contributed by atoms with van der Waals surface area (Å²) >= 11 is 0. The standard InChI is InChI=1S/C26H25NO/c1-28-26-10-6-5-9-25(26)18-17-23(19-22-7-3-2-4-8-22)14-11-21-12-15-24(20-27)16-13-21/h2-10,12-13,15-18,23H,11,14,19H2,1H3/b18-17+. The molecule has 0 saturated carbocycles. The molecule has 0 radical (unpaired) electrons. The zero-order chi connectivity index (χ0) is 19.6. The highest BCUT2D eigenvalue weighted by Gasteiger charge is 2.08. The van der Waals surface area contributed by atoms with Gasteiger partial charge in [-0.25, -0.2) is 0 Å². The number of ether oxygens (including phenoxy) is 1. The van der Waals surface area contributed by atoms with Crippen molar-refractivity contribution in [3.63, 3.8) is 0 Å². The van der Waals surface area contributed by atoms with Crippen LogP contribution in [0.3, 0.4) is 0 Å². The van der Waals surface area contributed by atoms with E-state index in [-0.39, 0.29) is 0 Å². The summed E-state index contributed by atoms with van der Waals surface area (Å²) in [5, 5.41) is 8.96. The predicted molar refractivity (Wildman–Crippen MR) is 115 cm³/mol. The minimum atomic E-state index is 0.419. The van der Waals surface area contributed by atoms with Crippen molar-refractivity contribution in [2.45, 2.75) is 19.3 Å². The lowest BCUT2D eigenvalue weighted by molar-refractivity contribution is 0.414. The van der Waals surface area contributed by atoms with Crippen molar-refractivity contribution in [1.29, 1.82) is 5.26 Å². The molecule has 0 fully saturated rings. The summed E-state index contributed by atoms with van der Waals surface area (Å²) in [6.07, 6.45) is 7.51. The Morgan fingerprint density at radius 3 is 2.32 bits per heavy atom. The van der Waals surface area contributed by atoms with Gasteiger partial charge in [0.05, 0.1) is 18.7 Å². The minimum Gasteiger partial charge on any atom is -0.496 e. The number of nitriles is 1. The second kappa shape index (κ2) is 10.1. The molecule has 0 N–H and O–H groups in total. The second-order valence-corrected chi connectivity index (χ2v) is 6.90. The number of para-hydroxylation sites is 1. The lowest BCUT2D eigenvalue weighted by Gasteiger charge is -2.14. The van der Waals surface area contributed by atoms with Crippen LogP contribution in [0.25, 0.3) is 6.08 Å². The zero-order valence-corrected chi connectivity index (χ0v) is 16.2. The molecule has 0 saturated heterocycles. The van der Waals surface area contributed by atoms with Crippen LogP contribution in [0, 0.1) is 17.2 Å². The van der Waals surface area contributed by atoms with E-state index in [2.05, 4.69) is 66.8 Å². The van der Waals surface area contributed by atoms with E-state index in [1.165, 1.54) is 11.1 Å². The highest BCUT2D eigenvalue weighted by atomic mass is 16.5. The lowest BCUT2D eigenvalue weighted by atomic mass is 9.91. The summed E-state index contributed by atoms with van der Waals surface area (Å²) in [4.78, 5) is 0. The molecule has 3 aromatic rings. The molecule has 0 aromatic heterocycles. The van der Waals surface area contributed by atoms with E-state index >= 15 is 0 Å². The Morgan fingerprint density at radius 2 is 1.61 bits per heavy atom. The maximum atomic E-state index is 8.96. The second-order valence-electron chi connectivity index (χ2n) is 6.90. The Morgan fingerprint density at radius 1 is 0.893 bits per heavy atom. The van der Waals surface area contributed by atoms with Crippen LogP contribution in [-0.4, -0.2) is 7.11 Å². The molecule has 0 bridgehead atoms. The first kappa shape index (κ1) is 19.5. The predicted octanol–water partition coefficient (Wildman–Crippen LogP) is 6.07. The molecule has 0 aliphatic heterocycles. The van der Waals surface area contributed by atoms with E-state index < -0.39 is 0 Å². The average molecular weight is 367 g/mol. The fourth-order valence-corrected chi connectivity index (χ4v) is 3.33. The Hall–Kier alpha value is -3.31. The summed E-state index contributed by atoms with van der Waals surface area (Å²) in [6, 6.07) is 28.8. The number of allylic oxidation sites excluding steroid dienone is 1. The van der Waals surface area contributed by atoms with Gasteiger partial charge in [-0.1, -0.05) is 72.8 Å². The Balaban J connectivity index is 1.74. The Labute approximate surface area is 167 Å². The molecular formula is C26H25NO. The minimum absolute atomic E-state index is 0.419. The van der Waals surface area contributed by atoms with Crippen molar-refractivity contribution in [2.75, 3.05) is 7.11 Å². The van der Waals surface area contributed by atoms with Crippen LogP contribution in [0.5, 0.6) is 5.75 Å². The van der Waals surface area contributed by atoms with Gasteiger partial charge < -0.3 is 4.74 Å². The number of rotatable bonds is 8. The molecule has 3 rings (SSSR count). The number of hydrogen-bond donors (Lipinski definition) is 0. The summed E-state index contributed by atoms with van der Waals surface area (Å²) in [5.41, 5.74) is 4.42. The number of benzene rings is 3. The molecule has 2 heteroatoms. The fourth-order valence-electron chi connectivity index (χ4n) is 3.33. The number of hydrogen-bond acceptors (Lipinski definition) is 2. The topological polar surface area (TPSA) is 33.0 Å². The van der Waals surface area contributed by atoms with Crippen LogP contribution in [0.2, 0.25) is 0 Å². The van der Waals surface area contributed by atoms with Gasteiger partial charge in [0.2, 0.25) is 0 Å². The third kappa shape index (κ3) is 5.59. The van der Waals surface area contributed by atoms with E-state index in [1.54, 1.807) is 7.11 Å². The van der Waals surface area contributed by atoms with E-state index in [1.807, 2.05) is 30.3 Å². The van der Waals surface area contributed by atoms with Crippen LogP contribution in [0.4, 0.5) is 0 Å². The summed E-state index contributed by atoms with van der Waals surface area (Å²) in [5.74, 6) is 1.31. The molecule has 0 heterocycles. The highest BCUT2D eigenvalue weighted by Crippen LogP contribution is 2.23. The van der Waals surface area contributed by atoms with Crippen molar-refractivity contribution >= 4 is 6.08 Å². The van der Waals surface area contributed by atoms with Gasteiger partial charge >= 0.3 is 0 Å². The van der Waals surface area contributed by atoms with E-state index in [9.17, 15) is 0 Å². The summed E-state index contributed by atoms with van der Waals surface area (Å²) in [6.45, 7) is 0. The van der Waals surface area contributed by atoms with Crippen LogP contribution in [0.1, 0.15) is 28.7 Å². The smallest absolute Gasteiger partial charge is 0.126 e. The van der Waals surface area contributed by atoms with Crippen molar-refractivity contribution in [2.24, 2.45) is 5.92 Å². The summed E-state index contributed by atoms with van der Waals surface area (Å²) in [7, 11) is 1.71. The number of aryl methyl sites for hydroxylation is 1. The molecule has 28 heavy (non-hydrogen) atoms. The fraction of sp³-hybridized carbons (Fsp3) is 0.192. The number of nitrogens with zero attached hydrogens (tertiary/aromatic N) is 1. The van der Waals surface area contributed by atoms with Gasteiger partial charge in [0.1, 0.15) is 5.75 Å². The zero-order valence-electron chi connectivity index (χ0n) is 16.2. The van der Waals surface area contributed by atoms with Gasteiger partial charge in [0.15, 0.2) is 0 Å². The van der Waals surface area contributed by atoms with Crippen molar-refractivity contribution in [1.82, 2.24) is 0 Å². The van der Waals surface area contributed by atoms with Gasteiger partial charge in [-0.2, -0.15) is 5.26 Å². The quantitative estimate of drug-likeness (QED) is 0.484. The Bertz CT molecular complexity index is 936. The van der Waals surface area contributed by atoms with Gasteiger partial charge in [0.25, 0.3) is 0 Å². The maximum Gasteiger partial charge on any atom is 0.126 e. The van der Waals surface area contributed by atoms with Gasteiger partial charge in [-0.3, -0.25) is 0 Å². The van der Waals surface area contributed by atoms with Crippen molar-refractivity contribution in [3.8, 4) is 11.8 Å². The molecule has 0 aliphatic carbocycles. The molecule has 0 aliphatic rings. The molecule has 1 unspecified atom stereocenters. The van der Waals surface area contributed by atoms with Crippen LogP contribution in [0.15, 0.2) is 84.9 Å². The van der Waals surface area contributed by atoms with Gasteiger partial charge in [-0.15, -0.1) is 0 Å². The first-order chi connectivity index (χ1) is 13.8. The molecule has 2 nitrogen and oxygen atoms in total. The molecule has 3 aromatic carbocycles. The van der Waals surface area contributed by atoms with Gasteiger partial charge in [-0.05, 0) is 54.5 Å². The molecular weight excluding hydrogens is 342 g/mol. The van der Waals surface area contributed by atoms with Crippen LogP contribution < -0.4 is 4.74 Å². The monoisotopic (exact) mass is 367 g/mol. The van der Waals surface area contributed by atoms with E-state index in [0.29, 0.717) is 11.5 Å². The van der Waals surface area contributed by atoms with Gasteiger partial charge in [0, 0.05) is 5.56 Å². The van der Waals surface area contributed by atoms with Crippen molar-refractivity contribution in [3.05, 3.63) is 107 Å². The third-order valence-electron chi connectivity index (χ3n) is 4.91. The molecule has 0 amide bonds. The normalized spacial score (nSPS) is 11.9. The third-order valence-corrected chi connectivity index (χ3v) is 4.91. The summed E-state index contributed by atoms with van der Waals surface area (Å²) < 4.78 is 5.47. The van der Waals surface area contributed by atoms with E-state index in [0.717, 1.165) is 30.6 Å². The molecule has 1 atom stereocenters. The van der Waals surface area contributed by atoms with E-state index in [4.69, 9.17) is 10.00 Å². The largest absolute Gasteiger partial charge is 0.496 e. The molecule has 140 valence electrons. The number of methoxy groups -OCH3 is 1. The SMILES string of the molecule is COc1ccccc1/C=C/C(CCc1ccc(C#N)cc1)Cc1ccccc1. The average Bonchev–Trinajstić information content (AvgIpc) is 2.77. The highest BCUT2D eigenvalue weighted by molar-refractivity contribution is 5.57. The van der Waals surface area contributed by atoms with Crippen LogP contribution in [-0.2, 0) is 12.8 Å². The van der Waals surface area contributed by atoms with Crippen LogP contribution >= 0.6 is 0 Å². The molecule has 0 spiro atoms.